The van der Waals surface area contributed by atoms with Crippen molar-refractivity contribution in [3.8, 4) is 11.9 Å². The molecule has 4 aromatic rings. The molecule has 1 aliphatic heterocycles. The topological polar surface area (TPSA) is 126 Å². The van der Waals surface area contributed by atoms with Crippen LogP contribution >= 0.6 is 11.6 Å². The number of nitriles is 1. The molecule has 0 spiro atoms. The van der Waals surface area contributed by atoms with Crippen LogP contribution in [0.4, 0.5) is 10.2 Å². The van der Waals surface area contributed by atoms with Crippen molar-refractivity contribution in [2.45, 2.75) is 64.1 Å². The summed E-state index contributed by atoms with van der Waals surface area (Å²) >= 11 is 6.59. The van der Waals surface area contributed by atoms with Crippen molar-refractivity contribution in [3.63, 3.8) is 0 Å². The zero-order valence-corrected chi connectivity index (χ0v) is 24.9. The number of carbonyl (C=O) groups is 1. The van der Waals surface area contributed by atoms with Crippen molar-refractivity contribution >= 4 is 34.4 Å². The molecule has 1 saturated carbocycles. The van der Waals surface area contributed by atoms with Gasteiger partial charge in [-0.15, -0.1) is 0 Å². The predicted molar refractivity (Wildman–Crippen MR) is 162 cm³/mol. The summed E-state index contributed by atoms with van der Waals surface area (Å²) in [5, 5.41) is 22.4. The molecule has 0 amide bonds. The van der Waals surface area contributed by atoms with Crippen molar-refractivity contribution < 1.29 is 23.8 Å². The minimum Gasteiger partial charge on any atom is -0.478 e. The molecule has 0 bridgehead atoms. The minimum atomic E-state index is -1.08. The Morgan fingerprint density at radius 1 is 1.25 bits per heavy atom. The molecule has 0 radical (unpaired) electrons. The minimum absolute atomic E-state index is 0.00139. The summed E-state index contributed by atoms with van der Waals surface area (Å²) in [4.78, 5) is 23.5. The van der Waals surface area contributed by atoms with Crippen LogP contribution in [0.5, 0.6) is 5.88 Å². The third-order valence-corrected chi connectivity index (χ3v) is 8.78. The van der Waals surface area contributed by atoms with Crippen LogP contribution in [0.25, 0.3) is 11.0 Å². The van der Waals surface area contributed by atoms with Gasteiger partial charge in [-0.1, -0.05) is 23.7 Å². The maximum Gasteiger partial charge on any atom is 0.337 e. The maximum absolute atomic E-state index is 14.3. The van der Waals surface area contributed by atoms with Gasteiger partial charge in [-0.05, 0) is 56.5 Å². The van der Waals surface area contributed by atoms with Crippen molar-refractivity contribution in [2.24, 2.45) is 0 Å². The summed E-state index contributed by atoms with van der Waals surface area (Å²) in [5.41, 5.74) is 1.92. The van der Waals surface area contributed by atoms with Crippen molar-refractivity contribution in [1.82, 2.24) is 19.9 Å². The van der Waals surface area contributed by atoms with Crippen LogP contribution < -0.4 is 15.0 Å². The molecule has 1 saturated heterocycles. The molecule has 6 rings (SSSR count). The van der Waals surface area contributed by atoms with Gasteiger partial charge in [0.25, 0.3) is 0 Å². The van der Waals surface area contributed by atoms with Crippen molar-refractivity contribution in [3.05, 3.63) is 81.9 Å². The Balaban J connectivity index is 1.16. The Hall–Kier alpha value is -4.24. The molecule has 10 nitrogen and oxygen atoms in total. The first kappa shape index (κ1) is 29.8. The van der Waals surface area contributed by atoms with E-state index in [1.165, 1.54) is 12.1 Å². The molecule has 44 heavy (non-hydrogen) atoms. The van der Waals surface area contributed by atoms with Gasteiger partial charge in [0, 0.05) is 36.9 Å². The van der Waals surface area contributed by atoms with E-state index >= 15 is 0 Å². The molecule has 3 heterocycles. The number of aromatic nitrogens is 3. The Morgan fingerprint density at radius 2 is 2.09 bits per heavy atom. The van der Waals surface area contributed by atoms with Crippen LogP contribution in [0.2, 0.25) is 5.02 Å². The SMILES string of the molecule is CCN(c1cccc(OCc2ccc(C#N)cc2F)n1)C1CCC1NCc1nc2ccc(C(=O)O)c(Cl)c2n1CC1CCO1. The lowest BCUT2D eigenvalue weighted by Gasteiger charge is -2.45. The number of hydrogen-bond donors (Lipinski definition) is 2. The van der Waals surface area contributed by atoms with Gasteiger partial charge in [-0.2, -0.15) is 10.2 Å². The van der Waals surface area contributed by atoms with E-state index in [2.05, 4.69) is 17.1 Å². The highest BCUT2D eigenvalue weighted by molar-refractivity contribution is 6.37. The van der Waals surface area contributed by atoms with Gasteiger partial charge in [0.2, 0.25) is 5.88 Å². The predicted octanol–water partition coefficient (Wildman–Crippen LogP) is 5.31. The molecule has 2 aliphatic rings. The number of carboxylic acid groups (broad SMARTS) is 1. The van der Waals surface area contributed by atoms with Crippen molar-refractivity contribution in [1.29, 1.82) is 5.26 Å². The van der Waals surface area contributed by atoms with Gasteiger partial charge < -0.3 is 29.4 Å². The zero-order valence-electron chi connectivity index (χ0n) is 24.2. The summed E-state index contributed by atoms with van der Waals surface area (Å²) in [5.74, 6) is 0.363. The number of fused-ring (bicyclic) bond motifs is 1. The normalized spacial score (nSPS) is 19.2. The lowest BCUT2D eigenvalue weighted by molar-refractivity contribution is -0.0590. The Morgan fingerprint density at radius 3 is 2.75 bits per heavy atom. The van der Waals surface area contributed by atoms with Crippen LogP contribution in [-0.4, -0.2) is 57.0 Å². The highest BCUT2D eigenvalue weighted by Gasteiger charge is 2.36. The Kier molecular flexibility index (Phi) is 8.66. The molecule has 3 atom stereocenters. The molecular weight excluding hydrogens is 587 g/mol. The summed E-state index contributed by atoms with van der Waals surface area (Å²) < 4.78 is 27.8. The number of rotatable bonds is 12. The van der Waals surface area contributed by atoms with Crippen LogP contribution in [0, 0.1) is 17.1 Å². The average molecular weight is 619 g/mol. The second kappa shape index (κ2) is 12.8. The first-order chi connectivity index (χ1) is 21.4. The number of halogens is 2. The van der Waals surface area contributed by atoms with E-state index in [9.17, 15) is 14.3 Å². The number of nitrogens with zero attached hydrogens (tertiary/aromatic N) is 5. The Bertz CT molecular complexity index is 1740. The quantitative estimate of drug-likeness (QED) is 0.217. The summed E-state index contributed by atoms with van der Waals surface area (Å²) in [7, 11) is 0. The average Bonchev–Trinajstić information content (AvgIpc) is 3.34. The second-order valence-electron chi connectivity index (χ2n) is 11.0. The number of likely N-dealkylation sites (N-methyl/N-ethyl adjacent to an activating group) is 1. The molecule has 1 aliphatic carbocycles. The van der Waals surface area contributed by atoms with Crippen LogP contribution in [0.3, 0.4) is 0 Å². The largest absolute Gasteiger partial charge is 0.478 e. The molecule has 2 aromatic carbocycles. The monoisotopic (exact) mass is 618 g/mol. The fraction of sp³-hybridized carbons (Fsp3) is 0.375. The number of hydrogen-bond acceptors (Lipinski definition) is 8. The highest BCUT2D eigenvalue weighted by atomic mass is 35.5. The first-order valence-corrected chi connectivity index (χ1v) is 15.0. The Labute approximate surface area is 259 Å². The van der Waals surface area contributed by atoms with Gasteiger partial charge >= 0.3 is 5.97 Å². The molecule has 2 fully saturated rings. The highest BCUT2D eigenvalue weighted by Crippen LogP contribution is 2.32. The number of nitrogens with one attached hydrogen (secondary N) is 1. The number of anilines is 1. The molecule has 228 valence electrons. The molecule has 2 N–H and O–H groups in total. The van der Waals surface area contributed by atoms with Gasteiger partial charge in [0.15, 0.2) is 0 Å². The zero-order chi connectivity index (χ0) is 30.8. The third kappa shape index (κ3) is 5.93. The molecular formula is C32H32ClFN6O4. The number of benzene rings is 2. The molecule has 2 aromatic heterocycles. The summed E-state index contributed by atoms with van der Waals surface area (Å²) in [6, 6.07) is 15.3. The maximum atomic E-state index is 14.3. The van der Waals surface area contributed by atoms with Crippen molar-refractivity contribution in [2.75, 3.05) is 18.1 Å². The fourth-order valence-corrected chi connectivity index (χ4v) is 6.11. The van der Waals surface area contributed by atoms with Crippen LogP contribution in [-0.2, 0) is 24.4 Å². The van der Waals surface area contributed by atoms with Gasteiger partial charge in [0.1, 0.15) is 24.1 Å². The van der Waals surface area contributed by atoms with E-state index in [0.29, 0.717) is 42.2 Å². The third-order valence-electron chi connectivity index (χ3n) is 8.40. The van der Waals surface area contributed by atoms with Crippen LogP contribution in [0.15, 0.2) is 48.5 Å². The van der Waals surface area contributed by atoms with Gasteiger partial charge in [-0.25, -0.2) is 14.2 Å². The number of aromatic carboxylic acids is 1. The lowest BCUT2D eigenvalue weighted by Crippen LogP contribution is -2.57. The molecule has 3 unspecified atom stereocenters. The molecule has 12 heteroatoms. The first-order valence-electron chi connectivity index (χ1n) is 14.7. The number of carboxylic acids is 1. The summed E-state index contributed by atoms with van der Waals surface area (Å²) in [6.45, 7) is 4.55. The standard InChI is InChI=1S/C32H32ClFN6O4/c1-2-39(27-4-3-5-29(38-27)44-18-20-7-6-19(15-35)14-23(20)34)26-11-10-24(26)36-16-28-37-25-9-8-22(32(41)42)30(33)31(25)40(28)17-21-12-13-43-21/h3-9,14,21,24,26,36H,2,10-13,16-18H2,1H3,(H,41,42). The lowest BCUT2D eigenvalue weighted by atomic mass is 9.84. The van der Waals surface area contributed by atoms with E-state index in [1.807, 2.05) is 22.8 Å². The van der Waals surface area contributed by atoms with E-state index < -0.39 is 11.8 Å². The van der Waals surface area contributed by atoms with E-state index in [0.717, 1.165) is 37.4 Å². The van der Waals surface area contributed by atoms with Gasteiger partial charge in [0.05, 0.1) is 52.4 Å². The van der Waals surface area contributed by atoms with Gasteiger partial charge in [-0.3, -0.25) is 0 Å². The smallest absolute Gasteiger partial charge is 0.337 e. The number of imidazole rings is 1. The van der Waals surface area contributed by atoms with Crippen LogP contribution in [0.1, 0.15) is 53.5 Å². The number of pyridine rings is 1. The number of ether oxygens (including phenoxy) is 2. The summed E-state index contributed by atoms with van der Waals surface area (Å²) in [6.07, 6.45) is 2.92. The van der Waals surface area contributed by atoms with E-state index in [1.54, 1.807) is 24.3 Å². The second-order valence-corrected chi connectivity index (χ2v) is 11.4. The van der Waals surface area contributed by atoms with E-state index in [-0.39, 0.29) is 40.9 Å². The van der Waals surface area contributed by atoms with E-state index in [4.69, 9.17) is 36.3 Å². The fourth-order valence-electron chi connectivity index (χ4n) is 5.77.